The molecule has 1 aromatic rings. The van der Waals surface area contributed by atoms with Crippen molar-refractivity contribution < 1.29 is 5.11 Å². The molecule has 3 heteroatoms. The maximum atomic E-state index is 9.23. The molecule has 0 aromatic heterocycles. The highest BCUT2D eigenvalue weighted by Gasteiger charge is 1.96. The topological polar surface area (TPSA) is 32.3 Å². The molecule has 14 heavy (non-hydrogen) atoms. The number of benzene rings is 1. The van der Waals surface area contributed by atoms with Crippen LogP contribution in [-0.2, 0) is 0 Å². The van der Waals surface area contributed by atoms with Crippen LogP contribution in [-0.4, -0.2) is 23.4 Å². The molecule has 0 spiro atoms. The molecule has 78 valence electrons. The second-order valence-electron chi connectivity index (χ2n) is 3.45. The molecule has 0 unspecified atom stereocenters. The van der Waals surface area contributed by atoms with Crippen molar-refractivity contribution in [3.63, 3.8) is 0 Å². The standard InChI is InChI=1S/C11H17NOS/c1-9(2)12-6-7-14-11-5-3-4-10(13)8-11/h3-5,8-9,12-13H,6-7H2,1-2H3. The summed E-state index contributed by atoms with van der Waals surface area (Å²) in [5.41, 5.74) is 0. The molecular formula is C11H17NOS. The lowest BCUT2D eigenvalue weighted by Gasteiger charge is -2.07. The van der Waals surface area contributed by atoms with Crippen molar-refractivity contribution in [2.45, 2.75) is 24.8 Å². The third-order valence-electron chi connectivity index (χ3n) is 1.74. The molecule has 2 nitrogen and oxygen atoms in total. The Hall–Kier alpha value is -0.670. The molecular weight excluding hydrogens is 194 g/mol. The van der Waals surface area contributed by atoms with Crippen LogP contribution < -0.4 is 5.32 Å². The molecule has 0 fully saturated rings. The lowest BCUT2D eigenvalue weighted by molar-refractivity contribution is 0.474. The van der Waals surface area contributed by atoms with Gasteiger partial charge in [0, 0.05) is 23.2 Å². The Bertz CT molecular complexity index is 276. The smallest absolute Gasteiger partial charge is 0.116 e. The number of thioether (sulfide) groups is 1. The summed E-state index contributed by atoms with van der Waals surface area (Å²) in [6.07, 6.45) is 0. The molecule has 0 saturated heterocycles. The highest BCUT2D eigenvalue weighted by Crippen LogP contribution is 2.21. The van der Waals surface area contributed by atoms with Crippen molar-refractivity contribution in [1.29, 1.82) is 0 Å². The summed E-state index contributed by atoms with van der Waals surface area (Å²) in [7, 11) is 0. The van der Waals surface area contributed by atoms with Crippen LogP contribution in [0.25, 0.3) is 0 Å². The van der Waals surface area contributed by atoms with E-state index in [1.807, 2.05) is 12.1 Å². The van der Waals surface area contributed by atoms with Gasteiger partial charge in [-0.05, 0) is 18.2 Å². The SMILES string of the molecule is CC(C)NCCSc1cccc(O)c1. The summed E-state index contributed by atoms with van der Waals surface area (Å²) < 4.78 is 0. The number of hydrogen-bond acceptors (Lipinski definition) is 3. The van der Waals surface area contributed by atoms with Gasteiger partial charge in [-0.2, -0.15) is 0 Å². The van der Waals surface area contributed by atoms with Gasteiger partial charge in [-0.3, -0.25) is 0 Å². The van der Waals surface area contributed by atoms with Gasteiger partial charge < -0.3 is 10.4 Å². The second-order valence-corrected chi connectivity index (χ2v) is 4.62. The van der Waals surface area contributed by atoms with E-state index >= 15 is 0 Å². The fraction of sp³-hybridized carbons (Fsp3) is 0.455. The molecule has 0 aliphatic carbocycles. The van der Waals surface area contributed by atoms with Gasteiger partial charge in [0.05, 0.1) is 0 Å². The van der Waals surface area contributed by atoms with Crippen LogP contribution >= 0.6 is 11.8 Å². The van der Waals surface area contributed by atoms with Crippen molar-refractivity contribution in [3.8, 4) is 5.75 Å². The third-order valence-corrected chi connectivity index (χ3v) is 2.74. The van der Waals surface area contributed by atoms with Gasteiger partial charge >= 0.3 is 0 Å². The lowest BCUT2D eigenvalue weighted by Crippen LogP contribution is -2.24. The Kier molecular flexibility index (Phi) is 4.84. The molecule has 0 bridgehead atoms. The molecule has 0 aliphatic heterocycles. The summed E-state index contributed by atoms with van der Waals surface area (Å²) in [5, 5.41) is 12.6. The molecule has 1 rings (SSSR count). The predicted molar refractivity (Wildman–Crippen MR) is 62.0 cm³/mol. The van der Waals surface area contributed by atoms with Crippen molar-refractivity contribution in [3.05, 3.63) is 24.3 Å². The van der Waals surface area contributed by atoms with E-state index in [2.05, 4.69) is 19.2 Å². The maximum absolute atomic E-state index is 9.23. The summed E-state index contributed by atoms with van der Waals surface area (Å²) in [6.45, 7) is 5.27. The first kappa shape index (κ1) is 11.4. The zero-order chi connectivity index (χ0) is 10.4. The number of phenols is 1. The molecule has 0 atom stereocenters. The number of nitrogens with one attached hydrogen (secondary N) is 1. The average molecular weight is 211 g/mol. The summed E-state index contributed by atoms with van der Waals surface area (Å²) in [6, 6.07) is 7.91. The Morgan fingerprint density at radius 1 is 1.43 bits per heavy atom. The fourth-order valence-corrected chi connectivity index (χ4v) is 1.92. The van der Waals surface area contributed by atoms with Gasteiger partial charge in [0.1, 0.15) is 5.75 Å². The van der Waals surface area contributed by atoms with Crippen LogP contribution in [0, 0.1) is 0 Å². The average Bonchev–Trinajstić information content (AvgIpc) is 2.12. The van der Waals surface area contributed by atoms with Gasteiger partial charge in [0.15, 0.2) is 0 Å². The normalized spacial score (nSPS) is 10.8. The molecule has 0 aliphatic rings. The molecule has 0 radical (unpaired) electrons. The quantitative estimate of drug-likeness (QED) is 0.579. The molecule has 0 heterocycles. The van der Waals surface area contributed by atoms with Crippen LogP contribution in [0.1, 0.15) is 13.8 Å². The number of hydrogen-bond donors (Lipinski definition) is 2. The van der Waals surface area contributed by atoms with Crippen LogP contribution in [0.2, 0.25) is 0 Å². The monoisotopic (exact) mass is 211 g/mol. The predicted octanol–water partition coefficient (Wildman–Crippen LogP) is 2.48. The summed E-state index contributed by atoms with van der Waals surface area (Å²) in [4.78, 5) is 1.12. The fourth-order valence-electron chi connectivity index (χ4n) is 1.09. The molecule has 1 aromatic carbocycles. The van der Waals surface area contributed by atoms with E-state index < -0.39 is 0 Å². The Morgan fingerprint density at radius 3 is 2.86 bits per heavy atom. The number of rotatable bonds is 5. The van der Waals surface area contributed by atoms with E-state index in [1.165, 1.54) is 0 Å². The Balaban J connectivity index is 2.25. The van der Waals surface area contributed by atoms with Crippen LogP contribution in [0.5, 0.6) is 5.75 Å². The van der Waals surface area contributed by atoms with Gasteiger partial charge in [-0.15, -0.1) is 11.8 Å². The van der Waals surface area contributed by atoms with E-state index in [1.54, 1.807) is 23.9 Å². The first-order valence-corrected chi connectivity index (χ1v) is 5.82. The molecule has 2 N–H and O–H groups in total. The zero-order valence-corrected chi connectivity index (χ0v) is 9.47. The number of aromatic hydroxyl groups is 1. The van der Waals surface area contributed by atoms with Gasteiger partial charge in [-0.25, -0.2) is 0 Å². The molecule has 0 amide bonds. The van der Waals surface area contributed by atoms with Crippen molar-refractivity contribution in [2.24, 2.45) is 0 Å². The second kappa shape index (κ2) is 5.94. The minimum Gasteiger partial charge on any atom is -0.508 e. The minimum absolute atomic E-state index is 0.340. The number of phenolic OH excluding ortho intramolecular Hbond substituents is 1. The van der Waals surface area contributed by atoms with E-state index in [0.717, 1.165) is 17.2 Å². The minimum atomic E-state index is 0.340. The van der Waals surface area contributed by atoms with Crippen molar-refractivity contribution in [2.75, 3.05) is 12.3 Å². The highest BCUT2D eigenvalue weighted by atomic mass is 32.2. The van der Waals surface area contributed by atoms with Crippen LogP contribution in [0.15, 0.2) is 29.2 Å². The summed E-state index contributed by atoms with van der Waals surface area (Å²) in [5.74, 6) is 1.37. The van der Waals surface area contributed by atoms with E-state index in [9.17, 15) is 5.11 Å². The highest BCUT2D eigenvalue weighted by molar-refractivity contribution is 7.99. The van der Waals surface area contributed by atoms with Gasteiger partial charge in [0.25, 0.3) is 0 Å². The first-order chi connectivity index (χ1) is 6.68. The van der Waals surface area contributed by atoms with Crippen LogP contribution in [0.4, 0.5) is 0 Å². The first-order valence-electron chi connectivity index (χ1n) is 4.83. The Labute approximate surface area is 89.7 Å². The molecule has 0 saturated carbocycles. The van der Waals surface area contributed by atoms with Crippen molar-refractivity contribution in [1.82, 2.24) is 5.32 Å². The van der Waals surface area contributed by atoms with Gasteiger partial charge in [0.2, 0.25) is 0 Å². The van der Waals surface area contributed by atoms with Gasteiger partial charge in [-0.1, -0.05) is 19.9 Å². The summed E-state index contributed by atoms with van der Waals surface area (Å²) >= 11 is 1.75. The Morgan fingerprint density at radius 2 is 2.21 bits per heavy atom. The van der Waals surface area contributed by atoms with Crippen molar-refractivity contribution >= 4 is 11.8 Å². The van der Waals surface area contributed by atoms with E-state index in [-0.39, 0.29) is 0 Å². The lowest BCUT2D eigenvalue weighted by atomic mass is 10.3. The largest absolute Gasteiger partial charge is 0.508 e. The van der Waals surface area contributed by atoms with E-state index in [4.69, 9.17) is 0 Å². The van der Waals surface area contributed by atoms with Crippen LogP contribution in [0.3, 0.4) is 0 Å². The maximum Gasteiger partial charge on any atom is 0.116 e. The zero-order valence-electron chi connectivity index (χ0n) is 8.66. The third kappa shape index (κ3) is 4.53. The van der Waals surface area contributed by atoms with E-state index in [0.29, 0.717) is 11.8 Å².